The van der Waals surface area contributed by atoms with Crippen LogP contribution in [0.15, 0.2) is 23.4 Å². The van der Waals surface area contributed by atoms with E-state index in [0.717, 1.165) is 22.7 Å². The molecule has 19 heavy (non-hydrogen) atoms. The number of halogens is 1. The molecule has 0 aliphatic heterocycles. The first kappa shape index (κ1) is 12.2. The molecule has 2 heterocycles. The average Bonchev–Trinajstić information content (AvgIpc) is 2.73. The Hall–Kier alpha value is -1.86. The third-order valence-electron chi connectivity index (χ3n) is 2.50. The number of rotatable bonds is 3. The standard InChI is InChI=1S/C11H8ClN5OS/c12-5-1-2-7-6(3-5)9-10(14-7)15-11(17-16-9)19-4-8(13)18/h1-3H,4H2,(H2,13,18)(H,14,15,17). The molecule has 0 saturated heterocycles. The van der Waals surface area contributed by atoms with Crippen LogP contribution >= 0.6 is 23.4 Å². The Bertz CT molecular complexity index is 787. The SMILES string of the molecule is NC(=O)CSc1nnc2c(n1)[nH]c1ccc(Cl)cc12. The summed E-state index contributed by atoms with van der Waals surface area (Å²) in [6.45, 7) is 0. The van der Waals surface area contributed by atoms with Gasteiger partial charge in [0.2, 0.25) is 11.1 Å². The fourth-order valence-electron chi connectivity index (χ4n) is 1.73. The Morgan fingerprint density at radius 3 is 3.05 bits per heavy atom. The van der Waals surface area contributed by atoms with Gasteiger partial charge < -0.3 is 10.7 Å². The number of carbonyl (C=O) groups is 1. The number of hydrogen-bond acceptors (Lipinski definition) is 5. The van der Waals surface area contributed by atoms with Gasteiger partial charge in [-0.15, -0.1) is 10.2 Å². The lowest BCUT2D eigenvalue weighted by atomic mass is 10.2. The Kier molecular flexibility index (Phi) is 3.00. The number of aromatic amines is 1. The monoisotopic (exact) mass is 293 g/mol. The number of nitrogens with zero attached hydrogens (tertiary/aromatic N) is 3. The van der Waals surface area contributed by atoms with Crippen LogP contribution in [0, 0.1) is 0 Å². The highest BCUT2D eigenvalue weighted by atomic mass is 35.5. The molecule has 0 radical (unpaired) electrons. The van der Waals surface area contributed by atoms with E-state index < -0.39 is 5.91 Å². The van der Waals surface area contributed by atoms with Gasteiger partial charge in [0.15, 0.2) is 5.65 Å². The Morgan fingerprint density at radius 1 is 1.42 bits per heavy atom. The lowest BCUT2D eigenvalue weighted by Gasteiger charge is -1.95. The number of nitrogens with one attached hydrogen (secondary N) is 1. The van der Waals surface area contributed by atoms with Crippen molar-refractivity contribution in [1.29, 1.82) is 0 Å². The highest BCUT2D eigenvalue weighted by molar-refractivity contribution is 7.99. The summed E-state index contributed by atoms with van der Waals surface area (Å²) in [4.78, 5) is 18.1. The highest BCUT2D eigenvalue weighted by Gasteiger charge is 2.10. The molecule has 1 amide bonds. The molecule has 0 saturated carbocycles. The molecule has 1 aromatic carbocycles. The van der Waals surface area contributed by atoms with Crippen LogP contribution in [0.3, 0.4) is 0 Å². The Labute approximate surface area is 116 Å². The Balaban J connectivity index is 2.08. The molecule has 3 N–H and O–H groups in total. The van der Waals surface area contributed by atoms with Crippen LogP contribution in [-0.4, -0.2) is 31.8 Å². The van der Waals surface area contributed by atoms with Gasteiger partial charge >= 0.3 is 0 Å². The van der Waals surface area contributed by atoms with Gasteiger partial charge in [0.25, 0.3) is 0 Å². The molecule has 0 aliphatic rings. The number of fused-ring (bicyclic) bond motifs is 3. The van der Waals surface area contributed by atoms with Crippen molar-refractivity contribution in [2.24, 2.45) is 5.73 Å². The van der Waals surface area contributed by atoms with E-state index in [-0.39, 0.29) is 5.75 Å². The van der Waals surface area contributed by atoms with E-state index in [9.17, 15) is 4.79 Å². The lowest BCUT2D eigenvalue weighted by molar-refractivity contribution is -0.115. The summed E-state index contributed by atoms with van der Waals surface area (Å²) >= 11 is 7.10. The predicted octanol–water partition coefficient (Wildman–Crippen LogP) is 1.74. The van der Waals surface area contributed by atoms with E-state index in [1.165, 1.54) is 0 Å². The molecule has 3 aromatic rings. The minimum atomic E-state index is -0.419. The summed E-state index contributed by atoms with van der Waals surface area (Å²) in [6.07, 6.45) is 0. The molecule has 0 bridgehead atoms. The van der Waals surface area contributed by atoms with Crippen molar-refractivity contribution in [2.75, 3.05) is 5.75 Å². The summed E-state index contributed by atoms with van der Waals surface area (Å²) in [7, 11) is 0. The van der Waals surface area contributed by atoms with E-state index in [4.69, 9.17) is 17.3 Å². The number of primary amides is 1. The molecule has 6 nitrogen and oxygen atoms in total. The van der Waals surface area contributed by atoms with Gasteiger partial charge in [0, 0.05) is 15.9 Å². The summed E-state index contributed by atoms with van der Waals surface area (Å²) in [5.41, 5.74) is 7.22. The molecule has 96 valence electrons. The van der Waals surface area contributed by atoms with Gasteiger partial charge in [0.05, 0.1) is 5.75 Å². The second kappa shape index (κ2) is 4.67. The number of aromatic nitrogens is 4. The summed E-state index contributed by atoms with van der Waals surface area (Å²) in [5, 5.41) is 9.98. The first-order valence-corrected chi connectivity index (χ1v) is 6.72. The number of hydrogen-bond donors (Lipinski definition) is 2. The molecule has 3 rings (SSSR count). The number of benzene rings is 1. The van der Waals surface area contributed by atoms with Crippen molar-refractivity contribution in [1.82, 2.24) is 20.2 Å². The van der Waals surface area contributed by atoms with Crippen molar-refractivity contribution in [3.63, 3.8) is 0 Å². The van der Waals surface area contributed by atoms with Gasteiger partial charge in [0.1, 0.15) is 5.52 Å². The average molecular weight is 294 g/mol. The first-order valence-electron chi connectivity index (χ1n) is 5.36. The number of nitrogens with two attached hydrogens (primary N) is 1. The molecule has 8 heteroatoms. The van der Waals surface area contributed by atoms with Gasteiger partial charge in [-0.25, -0.2) is 4.98 Å². The van der Waals surface area contributed by atoms with Crippen LogP contribution in [0.4, 0.5) is 0 Å². The molecule has 0 spiro atoms. The second-order valence-corrected chi connectivity index (χ2v) is 5.24. The maximum atomic E-state index is 10.7. The smallest absolute Gasteiger partial charge is 0.227 e. The highest BCUT2D eigenvalue weighted by Crippen LogP contribution is 2.25. The molecular weight excluding hydrogens is 286 g/mol. The third-order valence-corrected chi connectivity index (χ3v) is 3.60. The van der Waals surface area contributed by atoms with E-state index in [2.05, 4.69) is 20.2 Å². The van der Waals surface area contributed by atoms with Crippen molar-refractivity contribution < 1.29 is 4.79 Å². The fraction of sp³-hybridized carbons (Fsp3) is 0.0909. The maximum Gasteiger partial charge on any atom is 0.227 e. The molecule has 0 fully saturated rings. The number of amides is 1. The van der Waals surface area contributed by atoms with Gasteiger partial charge in [-0.1, -0.05) is 23.4 Å². The number of carbonyl (C=O) groups excluding carboxylic acids is 1. The van der Waals surface area contributed by atoms with Crippen LogP contribution in [0.5, 0.6) is 0 Å². The molecular formula is C11H8ClN5OS. The van der Waals surface area contributed by atoms with Gasteiger partial charge in [-0.2, -0.15) is 0 Å². The fourth-order valence-corrected chi connectivity index (χ4v) is 2.42. The minimum Gasteiger partial charge on any atom is -0.369 e. The Morgan fingerprint density at radius 2 is 2.26 bits per heavy atom. The lowest BCUT2D eigenvalue weighted by Crippen LogP contribution is -2.13. The van der Waals surface area contributed by atoms with Crippen LogP contribution in [0.25, 0.3) is 22.1 Å². The predicted molar refractivity (Wildman–Crippen MR) is 74.1 cm³/mol. The number of H-pyrrole nitrogens is 1. The zero-order chi connectivity index (χ0) is 13.4. The van der Waals surface area contributed by atoms with E-state index >= 15 is 0 Å². The zero-order valence-electron chi connectivity index (χ0n) is 9.55. The largest absolute Gasteiger partial charge is 0.369 e. The van der Waals surface area contributed by atoms with E-state index in [1.807, 2.05) is 12.1 Å². The zero-order valence-corrected chi connectivity index (χ0v) is 11.1. The summed E-state index contributed by atoms with van der Waals surface area (Å²) in [6, 6.07) is 5.45. The van der Waals surface area contributed by atoms with Gasteiger partial charge in [-0.05, 0) is 18.2 Å². The van der Waals surface area contributed by atoms with Crippen LogP contribution in [0.1, 0.15) is 0 Å². The molecule has 0 atom stereocenters. The molecule has 2 aromatic heterocycles. The quantitative estimate of drug-likeness (QED) is 0.717. The second-order valence-electron chi connectivity index (χ2n) is 3.86. The van der Waals surface area contributed by atoms with Crippen molar-refractivity contribution in [2.45, 2.75) is 5.16 Å². The van der Waals surface area contributed by atoms with Crippen molar-refractivity contribution in [3.05, 3.63) is 23.2 Å². The van der Waals surface area contributed by atoms with Crippen LogP contribution in [0.2, 0.25) is 5.02 Å². The minimum absolute atomic E-state index is 0.124. The normalized spacial score (nSPS) is 11.2. The third kappa shape index (κ3) is 2.34. The first-order chi connectivity index (χ1) is 9.13. The van der Waals surface area contributed by atoms with Crippen LogP contribution in [-0.2, 0) is 4.79 Å². The van der Waals surface area contributed by atoms with Gasteiger partial charge in [-0.3, -0.25) is 4.79 Å². The molecule has 0 aliphatic carbocycles. The maximum absolute atomic E-state index is 10.7. The van der Waals surface area contributed by atoms with Crippen molar-refractivity contribution in [3.8, 4) is 0 Å². The van der Waals surface area contributed by atoms with E-state index in [1.54, 1.807) is 6.07 Å². The number of thioether (sulfide) groups is 1. The summed E-state index contributed by atoms with van der Waals surface area (Å²) in [5.74, 6) is -0.295. The molecule has 0 unspecified atom stereocenters. The van der Waals surface area contributed by atoms with E-state index in [0.29, 0.717) is 21.3 Å². The van der Waals surface area contributed by atoms with Crippen LogP contribution < -0.4 is 5.73 Å². The summed E-state index contributed by atoms with van der Waals surface area (Å²) < 4.78 is 0. The van der Waals surface area contributed by atoms with Crippen molar-refractivity contribution >= 4 is 51.3 Å². The topological polar surface area (TPSA) is 97.6 Å².